The van der Waals surface area contributed by atoms with Crippen LogP contribution in [0.2, 0.25) is 0 Å². The van der Waals surface area contributed by atoms with E-state index >= 15 is 0 Å². The zero-order valence-corrected chi connectivity index (χ0v) is 17.3. The summed E-state index contributed by atoms with van der Waals surface area (Å²) in [5.74, 6) is 0.192. The van der Waals surface area contributed by atoms with Crippen molar-refractivity contribution in [2.75, 3.05) is 11.9 Å². The highest BCUT2D eigenvalue weighted by Gasteiger charge is 2.16. The maximum atomic E-state index is 12.8. The molecule has 0 spiro atoms. The van der Waals surface area contributed by atoms with E-state index in [4.69, 9.17) is 4.74 Å². The minimum Gasteiger partial charge on any atom is -0.492 e. The van der Waals surface area contributed by atoms with E-state index in [1.165, 1.54) is 4.40 Å². The molecular weight excluding hydrogens is 408 g/mol. The van der Waals surface area contributed by atoms with Crippen molar-refractivity contribution in [1.29, 1.82) is 0 Å². The molecule has 3 heterocycles. The molecule has 0 aliphatic carbocycles. The number of anilines is 1. The molecule has 2 aromatic carbocycles. The van der Waals surface area contributed by atoms with Gasteiger partial charge in [-0.25, -0.2) is 18.4 Å². The normalized spacial score (nSPS) is 11.2. The van der Waals surface area contributed by atoms with E-state index in [0.717, 1.165) is 15.9 Å². The van der Waals surface area contributed by atoms with Crippen LogP contribution in [0.15, 0.2) is 77.9 Å². The molecule has 0 bridgehead atoms. The van der Waals surface area contributed by atoms with Gasteiger partial charge >= 0.3 is 5.69 Å². The lowest BCUT2D eigenvalue weighted by atomic mass is 10.1. The summed E-state index contributed by atoms with van der Waals surface area (Å²) in [6.45, 7) is 2.12. The Kier molecular flexibility index (Phi) is 4.91. The average Bonchev–Trinajstić information content (AvgIpc) is 3.38. The summed E-state index contributed by atoms with van der Waals surface area (Å²) in [5, 5.41) is 11.8. The Morgan fingerprint density at radius 3 is 2.62 bits per heavy atom. The fourth-order valence-electron chi connectivity index (χ4n) is 3.56. The molecule has 160 valence electrons. The summed E-state index contributed by atoms with van der Waals surface area (Å²) in [6, 6.07) is 18.8. The molecule has 0 saturated heterocycles. The number of amides is 1. The van der Waals surface area contributed by atoms with Crippen molar-refractivity contribution in [3.63, 3.8) is 0 Å². The number of aromatic nitrogens is 5. The first-order chi connectivity index (χ1) is 15.6. The number of fused-ring (bicyclic) bond motifs is 3. The predicted molar refractivity (Wildman–Crippen MR) is 120 cm³/mol. The van der Waals surface area contributed by atoms with Gasteiger partial charge in [-0.2, -0.15) is 5.10 Å². The third-order valence-electron chi connectivity index (χ3n) is 5.02. The van der Waals surface area contributed by atoms with Crippen LogP contribution in [-0.4, -0.2) is 36.3 Å². The number of carbonyl (C=O) groups excluding carboxylic acids is 1. The van der Waals surface area contributed by atoms with E-state index in [2.05, 4.69) is 15.5 Å². The molecule has 3 aromatic heterocycles. The van der Waals surface area contributed by atoms with Crippen molar-refractivity contribution in [3.8, 4) is 17.0 Å². The van der Waals surface area contributed by atoms with Crippen molar-refractivity contribution in [1.82, 2.24) is 23.8 Å². The summed E-state index contributed by atoms with van der Waals surface area (Å²) in [7, 11) is 0. The lowest BCUT2D eigenvalue weighted by Gasteiger charge is -2.10. The van der Waals surface area contributed by atoms with Gasteiger partial charge in [-0.3, -0.25) is 4.79 Å². The zero-order chi connectivity index (χ0) is 22.1. The van der Waals surface area contributed by atoms with Crippen LogP contribution in [0.1, 0.15) is 6.92 Å². The van der Waals surface area contributed by atoms with Crippen LogP contribution < -0.4 is 15.7 Å². The number of hydrogen-bond acceptors (Lipinski definition) is 5. The van der Waals surface area contributed by atoms with Crippen LogP contribution in [0, 0.1) is 0 Å². The number of ether oxygens (including phenoxy) is 1. The van der Waals surface area contributed by atoms with Gasteiger partial charge in [-0.1, -0.05) is 42.5 Å². The molecule has 5 rings (SSSR count). The van der Waals surface area contributed by atoms with Crippen LogP contribution in [0.3, 0.4) is 0 Å². The third-order valence-corrected chi connectivity index (χ3v) is 5.02. The maximum Gasteiger partial charge on any atom is 0.350 e. The minimum absolute atomic E-state index is 0.229. The highest BCUT2D eigenvalue weighted by Crippen LogP contribution is 2.24. The summed E-state index contributed by atoms with van der Waals surface area (Å²) < 4.78 is 9.76. The van der Waals surface area contributed by atoms with Crippen molar-refractivity contribution >= 4 is 22.8 Å². The summed E-state index contributed by atoms with van der Waals surface area (Å²) in [5.41, 5.74) is 2.97. The van der Waals surface area contributed by atoms with Gasteiger partial charge in [0.05, 0.1) is 18.0 Å². The molecule has 0 radical (unpaired) electrons. The van der Waals surface area contributed by atoms with Crippen LogP contribution in [0.4, 0.5) is 5.69 Å². The molecule has 0 atom stereocenters. The monoisotopic (exact) mass is 428 g/mol. The first-order valence-corrected chi connectivity index (χ1v) is 10.2. The lowest BCUT2D eigenvalue weighted by Crippen LogP contribution is -2.28. The van der Waals surface area contributed by atoms with Gasteiger partial charge in [-0.15, -0.1) is 5.10 Å². The zero-order valence-electron chi connectivity index (χ0n) is 17.3. The Bertz CT molecular complexity index is 1480. The molecule has 1 amide bonds. The molecule has 5 aromatic rings. The van der Waals surface area contributed by atoms with Crippen LogP contribution in [0.25, 0.3) is 22.4 Å². The molecule has 9 nitrogen and oxygen atoms in total. The highest BCUT2D eigenvalue weighted by molar-refractivity contribution is 5.92. The number of rotatable bonds is 6. The van der Waals surface area contributed by atoms with Crippen molar-refractivity contribution in [3.05, 3.63) is 83.5 Å². The van der Waals surface area contributed by atoms with Gasteiger partial charge in [0.15, 0.2) is 5.65 Å². The van der Waals surface area contributed by atoms with E-state index < -0.39 is 5.69 Å². The lowest BCUT2D eigenvalue weighted by molar-refractivity contribution is -0.117. The Balaban J connectivity index is 1.47. The van der Waals surface area contributed by atoms with E-state index in [0.29, 0.717) is 29.2 Å². The van der Waals surface area contributed by atoms with Gasteiger partial charge in [0.25, 0.3) is 0 Å². The molecule has 0 saturated carbocycles. The van der Waals surface area contributed by atoms with Gasteiger partial charge in [0.1, 0.15) is 17.8 Å². The van der Waals surface area contributed by atoms with Crippen LogP contribution in [-0.2, 0) is 11.3 Å². The molecule has 1 N–H and O–H groups in total. The molecule has 0 aliphatic rings. The maximum absolute atomic E-state index is 12.8. The summed E-state index contributed by atoms with van der Waals surface area (Å²) >= 11 is 0. The number of para-hydroxylation sites is 2. The topological polar surface area (TPSA) is 94.9 Å². The van der Waals surface area contributed by atoms with Crippen LogP contribution in [0.5, 0.6) is 5.75 Å². The molecule has 0 unspecified atom stereocenters. The Labute approximate surface area is 182 Å². The molecule has 32 heavy (non-hydrogen) atoms. The van der Waals surface area contributed by atoms with Gasteiger partial charge < -0.3 is 10.1 Å². The largest absolute Gasteiger partial charge is 0.492 e. The number of carbonyl (C=O) groups is 1. The molecule has 9 heteroatoms. The highest BCUT2D eigenvalue weighted by atomic mass is 16.5. The smallest absolute Gasteiger partial charge is 0.350 e. The van der Waals surface area contributed by atoms with Gasteiger partial charge in [0, 0.05) is 18.0 Å². The van der Waals surface area contributed by atoms with Crippen molar-refractivity contribution in [2.24, 2.45) is 0 Å². The molecule has 0 aliphatic heterocycles. The quantitative estimate of drug-likeness (QED) is 0.449. The van der Waals surface area contributed by atoms with E-state index in [9.17, 15) is 9.59 Å². The van der Waals surface area contributed by atoms with Crippen LogP contribution >= 0.6 is 0 Å². The van der Waals surface area contributed by atoms with E-state index in [1.807, 2.05) is 49.4 Å². The SMILES string of the molecule is CCOc1ccccc1NC(=O)Cn1nc2c3cc(-c4ccccc4)nn3ccn2c1=O. The number of nitrogens with zero attached hydrogens (tertiary/aromatic N) is 5. The first kappa shape index (κ1) is 19.6. The Morgan fingerprint density at radius 2 is 1.81 bits per heavy atom. The number of hydrogen-bond donors (Lipinski definition) is 1. The Hall–Kier alpha value is -4.40. The average molecular weight is 428 g/mol. The second-order valence-electron chi connectivity index (χ2n) is 7.13. The first-order valence-electron chi connectivity index (χ1n) is 10.2. The minimum atomic E-state index is -0.404. The number of benzene rings is 2. The van der Waals surface area contributed by atoms with Crippen molar-refractivity contribution < 1.29 is 9.53 Å². The van der Waals surface area contributed by atoms with Crippen molar-refractivity contribution in [2.45, 2.75) is 13.5 Å². The summed E-state index contributed by atoms with van der Waals surface area (Å²) in [4.78, 5) is 25.5. The van der Waals surface area contributed by atoms with E-state index in [-0.39, 0.29) is 12.5 Å². The van der Waals surface area contributed by atoms with Gasteiger partial charge in [-0.05, 0) is 25.1 Å². The molecule has 0 fully saturated rings. The fourth-order valence-corrected chi connectivity index (χ4v) is 3.56. The van der Waals surface area contributed by atoms with Gasteiger partial charge in [0.2, 0.25) is 5.91 Å². The Morgan fingerprint density at radius 1 is 1.03 bits per heavy atom. The second kappa shape index (κ2) is 8.03. The standard InChI is InChI=1S/C23H20N6O3/c1-2-32-20-11-7-6-10-17(20)24-21(30)15-29-23(31)27-12-13-28-19(22(27)26-29)14-18(25-28)16-8-4-3-5-9-16/h3-14H,2,15H2,1H3,(H,24,30). The second-order valence-corrected chi connectivity index (χ2v) is 7.13. The van der Waals surface area contributed by atoms with E-state index in [1.54, 1.807) is 35.1 Å². The predicted octanol–water partition coefficient (Wildman–Crippen LogP) is 2.85. The third kappa shape index (κ3) is 3.49. The fraction of sp³-hybridized carbons (Fsp3) is 0.130. The molecular formula is C23H20N6O3. The number of nitrogens with one attached hydrogen (secondary N) is 1. The summed E-state index contributed by atoms with van der Waals surface area (Å²) in [6.07, 6.45) is 3.29.